The minimum atomic E-state index is 0.0101. The fourth-order valence-electron chi connectivity index (χ4n) is 2.85. The molecule has 1 saturated heterocycles. The smallest absolute Gasteiger partial charge is 0.271 e. The fourth-order valence-corrected chi connectivity index (χ4v) is 2.85. The normalized spacial score (nSPS) is 16.0. The zero-order valence-corrected chi connectivity index (χ0v) is 13.1. The summed E-state index contributed by atoms with van der Waals surface area (Å²) in [6.07, 6.45) is 1.73. The molecule has 0 saturated carbocycles. The van der Waals surface area contributed by atoms with Crippen molar-refractivity contribution in [2.45, 2.75) is 32.7 Å². The van der Waals surface area contributed by atoms with E-state index < -0.39 is 0 Å². The highest BCUT2D eigenvalue weighted by atomic mass is 16.2. The topological polar surface area (TPSA) is 75.0 Å². The van der Waals surface area contributed by atoms with E-state index in [0.29, 0.717) is 5.69 Å². The highest BCUT2D eigenvalue weighted by molar-refractivity contribution is 5.93. The lowest BCUT2D eigenvalue weighted by Crippen LogP contribution is -2.42. The largest absolute Gasteiger partial charge is 0.337 e. The Balaban J connectivity index is 1.81. The number of rotatable bonds is 2. The van der Waals surface area contributed by atoms with Crippen molar-refractivity contribution in [2.75, 3.05) is 13.1 Å². The van der Waals surface area contributed by atoms with E-state index in [1.807, 2.05) is 11.0 Å². The Morgan fingerprint density at radius 1 is 1.27 bits per heavy atom. The van der Waals surface area contributed by atoms with E-state index in [-0.39, 0.29) is 11.9 Å². The molecule has 1 aliphatic heterocycles. The predicted molar refractivity (Wildman–Crippen MR) is 86.6 cm³/mol. The summed E-state index contributed by atoms with van der Waals surface area (Å²) in [7, 11) is 0. The number of hydrogen-bond donors (Lipinski definition) is 2. The Morgan fingerprint density at radius 2 is 2.00 bits per heavy atom. The summed E-state index contributed by atoms with van der Waals surface area (Å²) in [5.41, 5.74) is 10.7. The molecule has 1 aromatic heterocycles. The molecule has 116 valence electrons. The number of nitrogens with zero attached hydrogens (tertiary/aromatic N) is 2. The van der Waals surface area contributed by atoms with E-state index in [9.17, 15) is 4.79 Å². The standard InChI is InChI=1S/C17H22N4O/c1-11-3-4-12(2)14(9-11)15-10-16(20-19-15)17(22)21-7-5-13(18)6-8-21/h3-4,9-10,13H,5-8,18H2,1-2H3,(H,19,20). The van der Waals surface area contributed by atoms with Crippen molar-refractivity contribution in [3.63, 3.8) is 0 Å². The van der Waals surface area contributed by atoms with Crippen molar-refractivity contribution >= 4 is 5.91 Å². The number of amides is 1. The van der Waals surface area contributed by atoms with Crippen LogP contribution in [0.1, 0.15) is 34.5 Å². The van der Waals surface area contributed by atoms with Crippen molar-refractivity contribution in [1.82, 2.24) is 15.1 Å². The molecule has 0 atom stereocenters. The van der Waals surface area contributed by atoms with E-state index in [2.05, 4.69) is 42.2 Å². The number of hydrogen-bond acceptors (Lipinski definition) is 3. The number of carbonyl (C=O) groups is 1. The number of nitrogens with one attached hydrogen (secondary N) is 1. The average molecular weight is 298 g/mol. The van der Waals surface area contributed by atoms with Crippen LogP contribution in [0.2, 0.25) is 0 Å². The molecule has 0 spiro atoms. The number of aryl methyl sites for hydroxylation is 2. The molecule has 2 aromatic rings. The lowest BCUT2D eigenvalue weighted by molar-refractivity contribution is 0.0709. The summed E-state index contributed by atoms with van der Waals surface area (Å²) >= 11 is 0. The quantitative estimate of drug-likeness (QED) is 0.893. The van der Waals surface area contributed by atoms with E-state index in [1.165, 1.54) is 5.56 Å². The molecule has 0 aliphatic carbocycles. The summed E-state index contributed by atoms with van der Waals surface area (Å²) in [6, 6.07) is 8.32. The number of piperidine rings is 1. The van der Waals surface area contributed by atoms with Gasteiger partial charge < -0.3 is 10.6 Å². The van der Waals surface area contributed by atoms with Crippen LogP contribution in [0.25, 0.3) is 11.3 Å². The van der Waals surface area contributed by atoms with Gasteiger partial charge in [-0.25, -0.2) is 0 Å². The van der Waals surface area contributed by atoms with Crippen LogP contribution in [0.3, 0.4) is 0 Å². The van der Waals surface area contributed by atoms with Crippen molar-refractivity contribution in [3.8, 4) is 11.3 Å². The molecule has 0 bridgehead atoms. The lowest BCUT2D eigenvalue weighted by Gasteiger charge is -2.29. The molecule has 2 heterocycles. The van der Waals surface area contributed by atoms with Crippen molar-refractivity contribution in [2.24, 2.45) is 5.73 Å². The molecule has 0 unspecified atom stereocenters. The molecule has 22 heavy (non-hydrogen) atoms. The zero-order valence-electron chi connectivity index (χ0n) is 13.1. The van der Waals surface area contributed by atoms with Crippen LogP contribution in [0, 0.1) is 13.8 Å². The van der Waals surface area contributed by atoms with Crippen LogP contribution in [0.5, 0.6) is 0 Å². The molecule has 3 N–H and O–H groups in total. The van der Waals surface area contributed by atoms with Crippen LogP contribution < -0.4 is 5.73 Å². The van der Waals surface area contributed by atoms with Crippen LogP contribution in [0.15, 0.2) is 24.3 Å². The number of carbonyl (C=O) groups excluding carboxylic acids is 1. The number of benzene rings is 1. The SMILES string of the molecule is Cc1ccc(C)c(-c2cc(C(=O)N3CCC(N)CC3)[nH]n2)c1. The molecule has 1 aliphatic rings. The van der Waals surface area contributed by atoms with Crippen molar-refractivity contribution < 1.29 is 4.79 Å². The van der Waals surface area contributed by atoms with Crippen LogP contribution in [-0.2, 0) is 0 Å². The van der Waals surface area contributed by atoms with Gasteiger partial charge >= 0.3 is 0 Å². The first-order valence-electron chi connectivity index (χ1n) is 7.72. The summed E-state index contributed by atoms with van der Waals surface area (Å²) in [5.74, 6) is 0.0101. The van der Waals surface area contributed by atoms with Gasteiger partial charge in [0.25, 0.3) is 5.91 Å². The first-order valence-corrected chi connectivity index (χ1v) is 7.72. The Hall–Kier alpha value is -2.14. The number of nitrogens with two attached hydrogens (primary N) is 1. The maximum Gasteiger partial charge on any atom is 0.271 e. The summed E-state index contributed by atoms with van der Waals surface area (Å²) in [5, 5.41) is 7.21. The van der Waals surface area contributed by atoms with Gasteiger partial charge in [0.15, 0.2) is 0 Å². The number of aromatic amines is 1. The molecule has 0 radical (unpaired) electrons. The molecule has 5 heteroatoms. The molecular weight excluding hydrogens is 276 g/mol. The number of likely N-dealkylation sites (tertiary alicyclic amines) is 1. The molecule has 1 fully saturated rings. The minimum Gasteiger partial charge on any atom is -0.337 e. The summed E-state index contributed by atoms with van der Waals surface area (Å²) in [4.78, 5) is 14.4. The molecule has 1 amide bonds. The summed E-state index contributed by atoms with van der Waals surface area (Å²) in [6.45, 7) is 5.55. The lowest BCUT2D eigenvalue weighted by atomic mass is 10.0. The van der Waals surface area contributed by atoms with Crippen LogP contribution in [0.4, 0.5) is 0 Å². The van der Waals surface area contributed by atoms with Gasteiger partial charge in [-0.3, -0.25) is 9.89 Å². The van der Waals surface area contributed by atoms with Crippen molar-refractivity contribution in [1.29, 1.82) is 0 Å². The van der Waals surface area contributed by atoms with Gasteiger partial charge in [-0.1, -0.05) is 17.7 Å². The number of H-pyrrole nitrogens is 1. The third-order valence-corrected chi connectivity index (χ3v) is 4.30. The first kappa shape index (κ1) is 14.8. The third-order valence-electron chi connectivity index (χ3n) is 4.30. The van der Waals surface area contributed by atoms with E-state index >= 15 is 0 Å². The van der Waals surface area contributed by atoms with E-state index in [1.54, 1.807) is 0 Å². The van der Waals surface area contributed by atoms with Gasteiger partial charge in [0, 0.05) is 24.7 Å². The summed E-state index contributed by atoms with van der Waals surface area (Å²) < 4.78 is 0. The van der Waals surface area contributed by atoms with Gasteiger partial charge in [-0.05, 0) is 44.4 Å². The fraction of sp³-hybridized carbons (Fsp3) is 0.412. The predicted octanol–water partition coefficient (Wildman–Crippen LogP) is 2.26. The van der Waals surface area contributed by atoms with Gasteiger partial charge in [0.2, 0.25) is 0 Å². The van der Waals surface area contributed by atoms with Gasteiger partial charge in [-0.15, -0.1) is 0 Å². The maximum atomic E-state index is 12.5. The Morgan fingerprint density at radius 3 is 2.73 bits per heavy atom. The minimum absolute atomic E-state index is 0.0101. The second-order valence-electron chi connectivity index (χ2n) is 6.11. The molecule has 5 nitrogen and oxygen atoms in total. The molecule has 3 rings (SSSR count). The van der Waals surface area contributed by atoms with Gasteiger partial charge in [0.05, 0.1) is 5.69 Å². The highest BCUT2D eigenvalue weighted by Crippen LogP contribution is 2.24. The highest BCUT2D eigenvalue weighted by Gasteiger charge is 2.23. The monoisotopic (exact) mass is 298 g/mol. The van der Waals surface area contributed by atoms with Gasteiger partial charge in [-0.2, -0.15) is 5.10 Å². The Bertz CT molecular complexity index is 684. The van der Waals surface area contributed by atoms with Crippen molar-refractivity contribution in [3.05, 3.63) is 41.1 Å². The third kappa shape index (κ3) is 2.90. The van der Waals surface area contributed by atoms with E-state index in [4.69, 9.17) is 5.73 Å². The Labute approximate surface area is 130 Å². The molecular formula is C17H22N4O. The Kier molecular flexibility index (Phi) is 3.98. The second kappa shape index (κ2) is 5.93. The average Bonchev–Trinajstić information content (AvgIpc) is 2.99. The van der Waals surface area contributed by atoms with E-state index in [0.717, 1.165) is 42.8 Å². The van der Waals surface area contributed by atoms with Crippen LogP contribution in [-0.4, -0.2) is 40.1 Å². The number of aromatic nitrogens is 2. The zero-order chi connectivity index (χ0) is 15.7. The van der Waals surface area contributed by atoms with Gasteiger partial charge in [0.1, 0.15) is 5.69 Å². The second-order valence-corrected chi connectivity index (χ2v) is 6.11. The first-order chi connectivity index (χ1) is 10.5. The van der Waals surface area contributed by atoms with Crippen LogP contribution >= 0.6 is 0 Å². The maximum absolute atomic E-state index is 12.5. The molecule has 1 aromatic carbocycles.